The van der Waals surface area contributed by atoms with Crippen LogP contribution in [0.1, 0.15) is 36.8 Å². The lowest BCUT2D eigenvalue weighted by atomic mass is 10.0. The number of anilines is 1. The molecular weight excluding hydrogens is 613 g/mol. The Morgan fingerprint density at radius 1 is 0.844 bits per heavy atom. The van der Waals surface area contributed by atoms with E-state index in [1.807, 2.05) is 30.3 Å². The lowest BCUT2D eigenvalue weighted by molar-refractivity contribution is -0.140. The van der Waals surface area contributed by atoms with Crippen LogP contribution in [0.2, 0.25) is 5.02 Å². The number of sulfonamides is 1. The molecule has 0 bridgehead atoms. The van der Waals surface area contributed by atoms with Crippen LogP contribution in [-0.2, 0) is 32.6 Å². The largest absolute Gasteiger partial charge is 0.352 e. The smallest absolute Gasteiger partial charge is 0.264 e. The summed E-state index contributed by atoms with van der Waals surface area (Å²) in [6.45, 7) is -0.851. The molecule has 45 heavy (non-hydrogen) atoms. The fourth-order valence-electron chi connectivity index (χ4n) is 5.59. The van der Waals surface area contributed by atoms with Gasteiger partial charge >= 0.3 is 0 Å². The first-order chi connectivity index (χ1) is 21.7. The summed E-state index contributed by atoms with van der Waals surface area (Å²) >= 11 is 6.03. The molecular formula is C35H35ClFN3O4S. The van der Waals surface area contributed by atoms with Crippen LogP contribution in [0.15, 0.2) is 114 Å². The molecule has 1 saturated carbocycles. The lowest BCUT2D eigenvalue weighted by Gasteiger charge is -2.34. The zero-order valence-corrected chi connectivity index (χ0v) is 26.3. The topological polar surface area (TPSA) is 86.8 Å². The predicted molar refractivity (Wildman–Crippen MR) is 174 cm³/mol. The van der Waals surface area contributed by atoms with Gasteiger partial charge in [0.25, 0.3) is 10.0 Å². The van der Waals surface area contributed by atoms with Gasteiger partial charge in [0, 0.05) is 29.6 Å². The molecule has 7 nitrogen and oxygen atoms in total. The molecule has 0 aliphatic heterocycles. The van der Waals surface area contributed by atoms with E-state index in [-0.39, 0.29) is 41.1 Å². The Balaban J connectivity index is 1.56. The highest BCUT2D eigenvalue weighted by molar-refractivity contribution is 7.92. The summed E-state index contributed by atoms with van der Waals surface area (Å²) in [5.41, 5.74) is 1.29. The fourth-order valence-corrected chi connectivity index (χ4v) is 7.13. The van der Waals surface area contributed by atoms with E-state index in [1.54, 1.807) is 48.5 Å². The highest BCUT2D eigenvalue weighted by atomic mass is 35.5. The van der Waals surface area contributed by atoms with Crippen LogP contribution in [-0.4, -0.2) is 43.8 Å². The van der Waals surface area contributed by atoms with E-state index in [4.69, 9.17) is 11.6 Å². The summed E-state index contributed by atoms with van der Waals surface area (Å²) < 4.78 is 44.1. The second-order valence-electron chi connectivity index (χ2n) is 11.1. The Labute approximate surface area is 268 Å². The van der Waals surface area contributed by atoms with Crippen molar-refractivity contribution < 1.29 is 22.4 Å². The summed E-state index contributed by atoms with van der Waals surface area (Å²) in [6, 6.07) is 28.3. The number of carbonyl (C=O) groups is 2. The molecule has 1 fully saturated rings. The third kappa shape index (κ3) is 8.09. The molecule has 4 aromatic rings. The number of nitrogens with one attached hydrogen (secondary N) is 1. The van der Waals surface area contributed by atoms with Gasteiger partial charge < -0.3 is 10.2 Å². The van der Waals surface area contributed by atoms with Crippen LogP contribution >= 0.6 is 11.6 Å². The summed E-state index contributed by atoms with van der Waals surface area (Å²) in [4.78, 5) is 29.7. The van der Waals surface area contributed by atoms with Crippen LogP contribution in [0.25, 0.3) is 0 Å². The van der Waals surface area contributed by atoms with Gasteiger partial charge in [0.2, 0.25) is 11.8 Å². The number of hydrogen-bond donors (Lipinski definition) is 1. The molecule has 1 unspecified atom stereocenters. The normalized spacial score (nSPS) is 14.1. The highest BCUT2D eigenvalue weighted by Gasteiger charge is 2.35. The van der Waals surface area contributed by atoms with Gasteiger partial charge in [-0.1, -0.05) is 91.2 Å². The first kappa shape index (κ1) is 32.2. The Morgan fingerprint density at radius 2 is 1.44 bits per heavy atom. The maximum absolute atomic E-state index is 15.0. The molecule has 0 radical (unpaired) electrons. The molecule has 0 aromatic heterocycles. The monoisotopic (exact) mass is 647 g/mol. The van der Waals surface area contributed by atoms with Gasteiger partial charge in [-0.3, -0.25) is 13.9 Å². The average Bonchev–Trinajstić information content (AvgIpc) is 3.56. The standard InChI is InChI=1S/C35H35ClFN3O4S/c36-28-19-21-31(22-20-28)45(43,44)40(30-16-5-2-6-17-30)25-34(41)39(24-27-13-7-10-18-32(27)37)33(23-26-11-3-1-4-12-26)35(42)38-29-14-8-9-15-29/h1-7,10-13,16-22,29,33H,8-9,14-15,23-25H2,(H,38,42). The van der Waals surface area contributed by atoms with E-state index in [9.17, 15) is 18.0 Å². The van der Waals surface area contributed by atoms with Crippen molar-refractivity contribution in [2.75, 3.05) is 10.8 Å². The minimum atomic E-state index is -4.25. The second kappa shape index (κ2) is 14.7. The quantitative estimate of drug-likeness (QED) is 0.194. The Kier molecular flexibility index (Phi) is 10.5. The van der Waals surface area contributed by atoms with E-state index in [0.29, 0.717) is 5.02 Å². The van der Waals surface area contributed by atoms with Crippen molar-refractivity contribution in [3.05, 3.63) is 131 Å². The number of benzene rings is 4. The van der Waals surface area contributed by atoms with Gasteiger partial charge in [-0.15, -0.1) is 0 Å². The van der Waals surface area contributed by atoms with E-state index >= 15 is 4.39 Å². The summed E-state index contributed by atoms with van der Waals surface area (Å²) in [5.74, 6) is -1.54. The minimum Gasteiger partial charge on any atom is -0.352 e. The molecule has 234 valence electrons. The number of halogens is 2. The predicted octanol–water partition coefficient (Wildman–Crippen LogP) is 6.37. The maximum atomic E-state index is 15.0. The Hall–Kier alpha value is -4.21. The molecule has 2 amide bonds. The zero-order chi connectivity index (χ0) is 31.8. The Morgan fingerprint density at radius 3 is 2.09 bits per heavy atom. The summed E-state index contributed by atoms with van der Waals surface area (Å²) in [6.07, 6.45) is 3.84. The first-order valence-electron chi connectivity index (χ1n) is 14.9. The first-order valence-corrected chi connectivity index (χ1v) is 16.7. The molecule has 0 heterocycles. The van der Waals surface area contributed by atoms with Crippen molar-refractivity contribution >= 4 is 39.1 Å². The summed E-state index contributed by atoms with van der Waals surface area (Å²) in [5, 5.41) is 3.48. The molecule has 1 N–H and O–H groups in total. The van der Waals surface area contributed by atoms with Gasteiger partial charge in [-0.05, 0) is 60.9 Å². The van der Waals surface area contributed by atoms with Gasteiger partial charge in [-0.25, -0.2) is 12.8 Å². The van der Waals surface area contributed by atoms with Crippen molar-refractivity contribution in [1.29, 1.82) is 0 Å². The fraction of sp³-hybridized carbons (Fsp3) is 0.257. The number of para-hydroxylation sites is 1. The van der Waals surface area contributed by atoms with Gasteiger partial charge in [0.15, 0.2) is 0 Å². The van der Waals surface area contributed by atoms with Gasteiger partial charge in [-0.2, -0.15) is 0 Å². The van der Waals surface area contributed by atoms with Crippen LogP contribution in [0, 0.1) is 5.82 Å². The van der Waals surface area contributed by atoms with Crippen molar-refractivity contribution in [2.45, 2.75) is 55.6 Å². The molecule has 1 aliphatic carbocycles. The number of hydrogen-bond acceptors (Lipinski definition) is 4. The van der Waals surface area contributed by atoms with Crippen molar-refractivity contribution in [1.82, 2.24) is 10.2 Å². The molecule has 4 aromatic carbocycles. The van der Waals surface area contributed by atoms with Crippen molar-refractivity contribution in [2.24, 2.45) is 0 Å². The average molecular weight is 648 g/mol. The van der Waals surface area contributed by atoms with E-state index < -0.39 is 34.3 Å². The SMILES string of the molecule is O=C(NC1CCCC1)C(Cc1ccccc1)N(Cc1ccccc1F)C(=O)CN(c1ccccc1)S(=O)(=O)c1ccc(Cl)cc1. The maximum Gasteiger partial charge on any atom is 0.264 e. The van der Waals surface area contributed by atoms with Gasteiger partial charge in [0.1, 0.15) is 18.4 Å². The van der Waals surface area contributed by atoms with Crippen LogP contribution in [0.3, 0.4) is 0 Å². The zero-order valence-electron chi connectivity index (χ0n) is 24.7. The van der Waals surface area contributed by atoms with E-state index in [1.165, 1.54) is 35.2 Å². The second-order valence-corrected chi connectivity index (χ2v) is 13.4. The molecule has 5 rings (SSSR count). The summed E-state index contributed by atoms with van der Waals surface area (Å²) in [7, 11) is -4.25. The minimum absolute atomic E-state index is 0.0210. The van der Waals surface area contributed by atoms with E-state index in [2.05, 4.69) is 5.32 Å². The highest BCUT2D eigenvalue weighted by Crippen LogP contribution is 2.26. The van der Waals surface area contributed by atoms with Crippen molar-refractivity contribution in [3.8, 4) is 0 Å². The molecule has 10 heteroatoms. The number of carbonyl (C=O) groups excluding carboxylic acids is 2. The van der Waals surface area contributed by atoms with Crippen molar-refractivity contribution in [3.63, 3.8) is 0 Å². The van der Waals surface area contributed by atoms with Crippen LogP contribution < -0.4 is 9.62 Å². The number of rotatable bonds is 12. The molecule has 0 saturated heterocycles. The molecule has 0 spiro atoms. The molecule has 1 aliphatic rings. The lowest BCUT2D eigenvalue weighted by Crippen LogP contribution is -2.54. The van der Waals surface area contributed by atoms with Gasteiger partial charge in [0.05, 0.1) is 10.6 Å². The van der Waals surface area contributed by atoms with Crippen LogP contribution in [0.4, 0.5) is 10.1 Å². The third-order valence-corrected chi connectivity index (χ3v) is 10.0. The third-order valence-electron chi connectivity index (χ3n) is 8.00. The number of amides is 2. The molecule has 1 atom stereocenters. The Bertz CT molecular complexity index is 1700. The number of nitrogens with zero attached hydrogens (tertiary/aromatic N) is 2. The van der Waals surface area contributed by atoms with E-state index in [0.717, 1.165) is 35.6 Å². The van der Waals surface area contributed by atoms with Crippen LogP contribution in [0.5, 0.6) is 0 Å².